The molecule has 0 unspecified atom stereocenters. The van der Waals surface area contributed by atoms with Gasteiger partial charge in [0.25, 0.3) is 11.8 Å². The van der Waals surface area contributed by atoms with Crippen molar-refractivity contribution in [3.63, 3.8) is 0 Å². The van der Waals surface area contributed by atoms with Gasteiger partial charge in [-0.2, -0.15) is 0 Å². The third-order valence-electron chi connectivity index (χ3n) is 4.28. The lowest BCUT2D eigenvalue weighted by Crippen LogP contribution is -2.47. The van der Waals surface area contributed by atoms with Crippen LogP contribution >= 0.6 is 0 Å². The molecular formula is C22H20N2O4. The number of nitrogens with one attached hydrogen (secondary N) is 1. The summed E-state index contributed by atoms with van der Waals surface area (Å²) in [7, 11) is 0. The fraction of sp³-hybridized carbons (Fsp3) is 0.136. The number of furan rings is 1. The summed E-state index contributed by atoms with van der Waals surface area (Å²) in [5, 5.41) is 2.64. The molecule has 0 spiro atoms. The molecule has 3 aromatic rings. The number of carbonyl (C=O) groups excluding carboxylic acids is 3. The van der Waals surface area contributed by atoms with Crippen LogP contribution in [0.3, 0.4) is 0 Å². The van der Waals surface area contributed by atoms with Crippen LogP contribution in [0, 0.1) is 6.92 Å². The molecule has 2 aromatic carbocycles. The number of Topliss-reactive ketones (excluding diaryl/α,β-unsaturated/α-hetero) is 1. The van der Waals surface area contributed by atoms with E-state index in [1.54, 1.807) is 13.0 Å². The SMILES string of the molecule is Cc1cc(C(=O)N[C@@H](Cc2ccccc2)C(=O)C(N)=O)c(-c2ccccc2)o1. The third kappa shape index (κ3) is 4.35. The molecule has 1 heterocycles. The van der Waals surface area contributed by atoms with Crippen molar-refractivity contribution in [1.29, 1.82) is 0 Å². The lowest BCUT2D eigenvalue weighted by atomic mass is 10.0. The number of nitrogens with two attached hydrogens (primary N) is 1. The summed E-state index contributed by atoms with van der Waals surface area (Å²) in [5.74, 6) is -1.48. The Hall–Kier alpha value is -3.67. The number of carbonyl (C=O) groups is 3. The molecule has 6 nitrogen and oxygen atoms in total. The highest BCUT2D eigenvalue weighted by atomic mass is 16.3. The highest BCUT2D eigenvalue weighted by Gasteiger charge is 2.28. The van der Waals surface area contributed by atoms with Crippen LogP contribution in [0.1, 0.15) is 21.7 Å². The van der Waals surface area contributed by atoms with E-state index in [0.717, 1.165) is 11.1 Å². The normalized spacial score (nSPS) is 11.6. The van der Waals surface area contributed by atoms with Gasteiger partial charge < -0.3 is 15.5 Å². The van der Waals surface area contributed by atoms with E-state index in [1.807, 2.05) is 60.7 Å². The Morgan fingerprint density at radius 2 is 1.61 bits per heavy atom. The Labute approximate surface area is 162 Å². The van der Waals surface area contributed by atoms with Gasteiger partial charge in [0.05, 0.1) is 5.56 Å². The highest BCUT2D eigenvalue weighted by Crippen LogP contribution is 2.27. The van der Waals surface area contributed by atoms with E-state index in [4.69, 9.17) is 10.2 Å². The van der Waals surface area contributed by atoms with Gasteiger partial charge in [0, 0.05) is 12.0 Å². The molecule has 0 aliphatic rings. The molecule has 2 amide bonds. The van der Waals surface area contributed by atoms with Crippen molar-refractivity contribution in [3.8, 4) is 11.3 Å². The molecule has 0 bridgehead atoms. The van der Waals surface area contributed by atoms with Gasteiger partial charge in [0.15, 0.2) is 0 Å². The summed E-state index contributed by atoms with van der Waals surface area (Å²) < 4.78 is 5.69. The minimum absolute atomic E-state index is 0.159. The summed E-state index contributed by atoms with van der Waals surface area (Å²) >= 11 is 0. The van der Waals surface area contributed by atoms with Crippen LogP contribution in [0.4, 0.5) is 0 Å². The largest absolute Gasteiger partial charge is 0.461 e. The van der Waals surface area contributed by atoms with E-state index in [2.05, 4.69) is 5.32 Å². The maximum absolute atomic E-state index is 12.9. The van der Waals surface area contributed by atoms with Gasteiger partial charge in [0.1, 0.15) is 17.6 Å². The standard InChI is InChI=1S/C22H20N2O4/c1-14-12-17(20(28-14)16-10-6-3-7-11-16)22(27)24-18(19(25)21(23)26)13-15-8-4-2-5-9-15/h2-12,18H,13H2,1H3,(H2,23,26)(H,24,27)/t18-/m0/s1. The molecule has 0 saturated carbocycles. The molecule has 6 heteroatoms. The highest BCUT2D eigenvalue weighted by molar-refractivity contribution is 6.38. The van der Waals surface area contributed by atoms with Crippen LogP contribution < -0.4 is 11.1 Å². The molecular weight excluding hydrogens is 356 g/mol. The van der Waals surface area contributed by atoms with E-state index < -0.39 is 23.6 Å². The van der Waals surface area contributed by atoms with Gasteiger partial charge in [-0.1, -0.05) is 60.7 Å². The summed E-state index contributed by atoms with van der Waals surface area (Å²) in [4.78, 5) is 36.6. The summed E-state index contributed by atoms with van der Waals surface area (Å²) in [6.45, 7) is 1.74. The van der Waals surface area contributed by atoms with Crippen LogP contribution in [0.15, 0.2) is 71.1 Å². The minimum atomic E-state index is -1.09. The predicted octanol–water partition coefficient (Wildman–Crippen LogP) is 2.65. The first kappa shape index (κ1) is 19.1. The second-order valence-electron chi connectivity index (χ2n) is 6.41. The van der Waals surface area contributed by atoms with Crippen molar-refractivity contribution in [2.75, 3.05) is 0 Å². The second-order valence-corrected chi connectivity index (χ2v) is 6.41. The van der Waals surface area contributed by atoms with Crippen LogP contribution in [0.25, 0.3) is 11.3 Å². The molecule has 1 aromatic heterocycles. The molecule has 0 fully saturated rings. The van der Waals surface area contributed by atoms with Gasteiger partial charge in [0.2, 0.25) is 5.78 Å². The van der Waals surface area contributed by atoms with Gasteiger partial charge in [-0.3, -0.25) is 14.4 Å². The van der Waals surface area contributed by atoms with Crippen LogP contribution in [-0.2, 0) is 16.0 Å². The molecule has 0 radical (unpaired) electrons. The first-order chi connectivity index (χ1) is 13.5. The van der Waals surface area contributed by atoms with Crippen molar-refractivity contribution < 1.29 is 18.8 Å². The van der Waals surface area contributed by atoms with Crippen molar-refractivity contribution >= 4 is 17.6 Å². The lowest BCUT2D eigenvalue weighted by molar-refractivity contribution is -0.137. The van der Waals surface area contributed by atoms with Crippen molar-refractivity contribution in [2.24, 2.45) is 5.73 Å². The Bertz CT molecular complexity index is 994. The smallest absolute Gasteiger partial charge is 0.287 e. The maximum atomic E-state index is 12.9. The average Bonchev–Trinajstić information content (AvgIpc) is 3.10. The van der Waals surface area contributed by atoms with E-state index in [-0.39, 0.29) is 6.42 Å². The van der Waals surface area contributed by atoms with E-state index in [0.29, 0.717) is 17.1 Å². The van der Waals surface area contributed by atoms with Gasteiger partial charge in [-0.05, 0) is 18.6 Å². The lowest BCUT2D eigenvalue weighted by Gasteiger charge is -2.16. The number of aryl methyl sites for hydroxylation is 1. The first-order valence-electron chi connectivity index (χ1n) is 8.80. The molecule has 0 aliphatic carbocycles. The zero-order valence-corrected chi connectivity index (χ0v) is 15.3. The van der Waals surface area contributed by atoms with E-state index >= 15 is 0 Å². The zero-order chi connectivity index (χ0) is 20.1. The van der Waals surface area contributed by atoms with Gasteiger partial charge >= 0.3 is 0 Å². The number of ketones is 1. The second kappa shape index (κ2) is 8.35. The molecule has 3 rings (SSSR count). The summed E-state index contributed by atoms with van der Waals surface area (Å²) in [5.41, 5.74) is 7.00. The molecule has 1 atom stereocenters. The molecule has 0 aliphatic heterocycles. The number of rotatable bonds is 7. The quantitative estimate of drug-likeness (QED) is 0.619. The topological polar surface area (TPSA) is 102 Å². The Balaban J connectivity index is 1.88. The van der Waals surface area contributed by atoms with E-state index in [1.165, 1.54) is 0 Å². The number of hydrogen-bond acceptors (Lipinski definition) is 4. The summed E-state index contributed by atoms with van der Waals surface area (Å²) in [6.07, 6.45) is 0.159. The number of hydrogen-bond donors (Lipinski definition) is 2. The molecule has 28 heavy (non-hydrogen) atoms. The van der Waals surface area contributed by atoms with Crippen LogP contribution in [0.2, 0.25) is 0 Å². The Morgan fingerprint density at radius 3 is 2.21 bits per heavy atom. The van der Waals surface area contributed by atoms with Crippen LogP contribution in [-0.4, -0.2) is 23.6 Å². The fourth-order valence-corrected chi connectivity index (χ4v) is 2.95. The first-order valence-corrected chi connectivity index (χ1v) is 8.80. The minimum Gasteiger partial charge on any atom is -0.461 e. The maximum Gasteiger partial charge on any atom is 0.287 e. The molecule has 3 N–H and O–H groups in total. The van der Waals surface area contributed by atoms with Gasteiger partial charge in [-0.25, -0.2) is 0 Å². The number of amides is 2. The van der Waals surface area contributed by atoms with Crippen molar-refractivity contribution in [1.82, 2.24) is 5.32 Å². The third-order valence-corrected chi connectivity index (χ3v) is 4.28. The Morgan fingerprint density at radius 1 is 1.00 bits per heavy atom. The Kier molecular flexibility index (Phi) is 5.69. The van der Waals surface area contributed by atoms with Gasteiger partial charge in [-0.15, -0.1) is 0 Å². The van der Waals surface area contributed by atoms with E-state index in [9.17, 15) is 14.4 Å². The fourth-order valence-electron chi connectivity index (χ4n) is 2.95. The van der Waals surface area contributed by atoms with Crippen LogP contribution in [0.5, 0.6) is 0 Å². The molecule has 0 saturated heterocycles. The monoisotopic (exact) mass is 376 g/mol. The predicted molar refractivity (Wildman–Crippen MR) is 104 cm³/mol. The average molecular weight is 376 g/mol. The van der Waals surface area contributed by atoms with Crippen molar-refractivity contribution in [3.05, 3.63) is 83.6 Å². The molecule has 142 valence electrons. The number of benzene rings is 2. The van der Waals surface area contributed by atoms with Crippen molar-refractivity contribution in [2.45, 2.75) is 19.4 Å². The summed E-state index contributed by atoms with van der Waals surface area (Å²) in [6, 6.07) is 18.8. The zero-order valence-electron chi connectivity index (χ0n) is 15.3. The number of primary amides is 1.